The highest BCUT2D eigenvalue weighted by Crippen LogP contribution is 2.49. The second kappa shape index (κ2) is 12.1. The zero-order chi connectivity index (χ0) is 25.8. The van der Waals surface area contributed by atoms with E-state index in [1.807, 2.05) is 23.9 Å². The largest absolute Gasteiger partial charge is 0.462 e. The Balaban J connectivity index is 1.29. The van der Waals surface area contributed by atoms with Crippen LogP contribution in [0.15, 0.2) is 35.0 Å². The summed E-state index contributed by atoms with van der Waals surface area (Å²) in [6.45, 7) is 9.21. The first-order chi connectivity index (χ1) is 18.0. The molecule has 2 atom stereocenters. The van der Waals surface area contributed by atoms with Crippen molar-refractivity contribution in [2.75, 3.05) is 51.3 Å². The zero-order valence-corrected chi connectivity index (χ0v) is 23.2. The van der Waals surface area contributed by atoms with E-state index in [0.29, 0.717) is 23.7 Å². The van der Waals surface area contributed by atoms with Gasteiger partial charge in [-0.15, -0.1) is 23.1 Å². The number of anilines is 1. The number of fused-ring (bicyclic) bond motifs is 1. The Morgan fingerprint density at radius 1 is 1.16 bits per heavy atom. The normalized spacial score (nSPS) is 22.1. The Labute approximate surface area is 226 Å². The monoisotopic (exact) mass is 544 g/mol. The van der Waals surface area contributed by atoms with Crippen molar-refractivity contribution in [1.82, 2.24) is 14.8 Å². The highest BCUT2D eigenvalue weighted by atomic mass is 32.2. The van der Waals surface area contributed by atoms with E-state index in [9.17, 15) is 9.59 Å². The summed E-state index contributed by atoms with van der Waals surface area (Å²) < 4.78 is 13.1. The molecule has 1 fully saturated rings. The maximum Gasteiger partial charge on any atom is 0.341 e. The molecule has 2 aromatic heterocycles. The van der Waals surface area contributed by atoms with Crippen LogP contribution in [0.1, 0.15) is 52.9 Å². The van der Waals surface area contributed by atoms with Gasteiger partial charge in [0.05, 0.1) is 30.8 Å². The smallest absolute Gasteiger partial charge is 0.341 e. The molecule has 3 aliphatic rings. The topological polar surface area (TPSA) is 84.8 Å². The Kier molecular flexibility index (Phi) is 8.59. The fourth-order valence-corrected chi connectivity index (χ4v) is 8.21. The standard InChI is InChI=1S/C27H36N4O4S2/c1-3-35-26(32)23-19-8-4-5-9-21(19)36-24(23)29-27(33)28-16-20-18(2)22(17-30-12-14-34-15-13-30)37-25(20)31-10-6-7-11-31/h6-7,10-11,20,25H,3-5,8-9,12-17H2,1-2H3,(H2,28,29,33). The van der Waals surface area contributed by atoms with E-state index >= 15 is 0 Å². The molecule has 2 aliphatic heterocycles. The maximum atomic E-state index is 13.1. The van der Waals surface area contributed by atoms with Crippen LogP contribution in [0, 0.1) is 5.92 Å². The van der Waals surface area contributed by atoms with Crippen molar-refractivity contribution in [1.29, 1.82) is 0 Å². The number of thioether (sulfide) groups is 1. The molecule has 4 heterocycles. The molecule has 8 nitrogen and oxygen atoms in total. The summed E-state index contributed by atoms with van der Waals surface area (Å²) in [4.78, 5) is 30.9. The Morgan fingerprint density at radius 3 is 2.68 bits per heavy atom. The number of aromatic nitrogens is 1. The molecule has 2 aromatic rings. The second-order valence-electron chi connectivity index (χ2n) is 9.71. The van der Waals surface area contributed by atoms with Crippen molar-refractivity contribution < 1.29 is 19.1 Å². The van der Waals surface area contributed by atoms with Gasteiger partial charge in [0.15, 0.2) is 0 Å². The van der Waals surface area contributed by atoms with E-state index < -0.39 is 0 Å². The van der Waals surface area contributed by atoms with Crippen LogP contribution in [0.4, 0.5) is 9.80 Å². The third-order valence-electron chi connectivity index (χ3n) is 7.36. The summed E-state index contributed by atoms with van der Waals surface area (Å²) in [6.07, 6.45) is 8.16. The van der Waals surface area contributed by atoms with E-state index in [4.69, 9.17) is 9.47 Å². The summed E-state index contributed by atoms with van der Waals surface area (Å²) in [7, 11) is 0. The lowest BCUT2D eigenvalue weighted by Gasteiger charge is -2.27. The minimum absolute atomic E-state index is 0.167. The molecule has 1 saturated heterocycles. The second-order valence-corrected chi connectivity index (χ2v) is 12.0. The number of esters is 1. The van der Waals surface area contributed by atoms with Gasteiger partial charge in [0, 0.05) is 54.3 Å². The van der Waals surface area contributed by atoms with Crippen LogP contribution in [0.3, 0.4) is 0 Å². The molecule has 1 aliphatic carbocycles. The van der Waals surface area contributed by atoms with Gasteiger partial charge in [-0.2, -0.15) is 0 Å². The van der Waals surface area contributed by atoms with Crippen molar-refractivity contribution in [3.8, 4) is 0 Å². The number of carbonyl (C=O) groups is 2. The number of urea groups is 1. The van der Waals surface area contributed by atoms with Crippen molar-refractivity contribution in [3.63, 3.8) is 0 Å². The molecular formula is C27H36N4O4S2. The summed E-state index contributed by atoms with van der Waals surface area (Å²) in [6, 6.07) is 3.81. The molecule has 0 aromatic carbocycles. The van der Waals surface area contributed by atoms with Gasteiger partial charge in [0.1, 0.15) is 5.00 Å². The fourth-order valence-electron chi connectivity index (χ4n) is 5.33. The molecule has 0 bridgehead atoms. The fraction of sp³-hybridized carbons (Fsp3) is 0.556. The Hall–Kier alpha value is -2.27. The van der Waals surface area contributed by atoms with Crippen molar-refractivity contribution >= 4 is 40.1 Å². The van der Waals surface area contributed by atoms with Gasteiger partial charge in [-0.3, -0.25) is 10.2 Å². The number of nitrogens with one attached hydrogen (secondary N) is 2. The lowest BCUT2D eigenvalue weighted by atomic mass is 9.95. The van der Waals surface area contributed by atoms with Crippen molar-refractivity contribution in [3.05, 3.63) is 51.0 Å². The van der Waals surface area contributed by atoms with E-state index in [1.165, 1.54) is 26.7 Å². The van der Waals surface area contributed by atoms with E-state index in [0.717, 1.165) is 64.1 Å². The first kappa shape index (κ1) is 26.3. The molecule has 0 saturated carbocycles. The van der Waals surface area contributed by atoms with Gasteiger partial charge < -0.3 is 19.4 Å². The zero-order valence-electron chi connectivity index (χ0n) is 21.6. The van der Waals surface area contributed by atoms with Gasteiger partial charge in [-0.05, 0) is 57.2 Å². The van der Waals surface area contributed by atoms with Crippen LogP contribution in [-0.4, -0.2) is 67.5 Å². The van der Waals surface area contributed by atoms with Gasteiger partial charge in [-0.25, -0.2) is 9.59 Å². The minimum Gasteiger partial charge on any atom is -0.462 e. The number of morpholine rings is 1. The molecule has 2 unspecified atom stereocenters. The number of ether oxygens (including phenoxy) is 2. The number of rotatable bonds is 8. The number of amides is 2. The molecule has 2 amide bonds. The quantitative estimate of drug-likeness (QED) is 0.460. The summed E-state index contributed by atoms with van der Waals surface area (Å²) in [5, 5.41) is 6.89. The van der Waals surface area contributed by atoms with Crippen LogP contribution in [-0.2, 0) is 22.3 Å². The van der Waals surface area contributed by atoms with Gasteiger partial charge in [0.25, 0.3) is 0 Å². The maximum absolute atomic E-state index is 13.1. The van der Waals surface area contributed by atoms with Crippen LogP contribution in [0.5, 0.6) is 0 Å². The summed E-state index contributed by atoms with van der Waals surface area (Å²) in [5.41, 5.74) is 2.92. The lowest BCUT2D eigenvalue weighted by Crippen LogP contribution is -2.37. The Morgan fingerprint density at radius 2 is 1.92 bits per heavy atom. The number of hydrogen-bond acceptors (Lipinski definition) is 7. The highest BCUT2D eigenvalue weighted by molar-refractivity contribution is 8.03. The van der Waals surface area contributed by atoms with Gasteiger partial charge in [-0.1, -0.05) is 5.57 Å². The number of nitrogens with zero attached hydrogens (tertiary/aromatic N) is 2. The van der Waals surface area contributed by atoms with Crippen LogP contribution in [0.25, 0.3) is 0 Å². The first-order valence-corrected chi connectivity index (χ1v) is 14.9. The molecule has 0 spiro atoms. The molecule has 200 valence electrons. The van der Waals surface area contributed by atoms with Crippen LogP contribution >= 0.6 is 23.1 Å². The predicted molar refractivity (Wildman–Crippen MR) is 148 cm³/mol. The third kappa shape index (κ3) is 5.92. The van der Waals surface area contributed by atoms with E-state index in [2.05, 4.69) is 39.4 Å². The summed E-state index contributed by atoms with van der Waals surface area (Å²) >= 11 is 3.41. The van der Waals surface area contributed by atoms with E-state index in [-0.39, 0.29) is 23.3 Å². The van der Waals surface area contributed by atoms with Crippen molar-refractivity contribution in [2.24, 2.45) is 5.92 Å². The highest BCUT2D eigenvalue weighted by Gasteiger charge is 2.35. The predicted octanol–water partition coefficient (Wildman–Crippen LogP) is 4.89. The van der Waals surface area contributed by atoms with E-state index in [1.54, 1.807) is 6.92 Å². The molecule has 2 N–H and O–H groups in total. The minimum atomic E-state index is -0.344. The molecule has 0 radical (unpaired) electrons. The summed E-state index contributed by atoms with van der Waals surface area (Å²) in [5.74, 6) is -0.177. The SMILES string of the molecule is CCOC(=O)c1c(NC(=O)NCC2C(C)=C(CN3CCOCC3)SC2n2cccc2)sc2c1CCCC2. The van der Waals surface area contributed by atoms with Crippen LogP contribution in [0.2, 0.25) is 0 Å². The van der Waals surface area contributed by atoms with Gasteiger partial charge in [0.2, 0.25) is 0 Å². The molecular weight excluding hydrogens is 508 g/mol. The number of thiophene rings is 1. The average molecular weight is 545 g/mol. The number of carbonyl (C=O) groups excluding carboxylic acids is 2. The van der Waals surface area contributed by atoms with Gasteiger partial charge >= 0.3 is 12.0 Å². The number of hydrogen-bond donors (Lipinski definition) is 2. The molecule has 5 rings (SSSR count). The first-order valence-electron chi connectivity index (χ1n) is 13.2. The number of aryl methyl sites for hydroxylation is 1. The molecule has 10 heteroatoms. The average Bonchev–Trinajstić information content (AvgIpc) is 3.62. The Bertz CT molecular complexity index is 1140. The molecule has 37 heavy (non-hydrogen) atoms. The third-order valence-corrected chi connectivity index (χ3v) is 10.1. The lowest BCUT2D eigenvalue weighted by molar-refractivity contribution is 0.0430. The van der Waals surface area contributed by atoms with Crippen molar-refractivity contribution in [2.45, 2.75) is 44.9 Å². The van der Waals surface area contributed by atoms with Crippen LogP contribution < -0.4 is 10.6 Å².